The molecule has 0 unspecified atom stereocenters. The smallest absolute Gasteiger partial charge is 0.323 e. The first-order valence-electron chi connectivity index (χ1n) is 6.36. The predicted octanol–water partition coefficient (Wildman–Crippen LogP) is -0.0473. The Hall–Kier alpha value is -1.93. The molecule has 1 aromatic rings. The molecular weight excluding hydrogens is 294 g/mol. The summed E-state index contributed by atoms with van der Waals surface area (Å²) in [6.45, 7) is 0.268. The number of hydrogen-bond donors (Lipinski definition) is 2. The molecular formula is C13H19N3O4S. The second-order valence-electron chi connectivity index (χ2n) is 4.67. The van der Waals surface area contributed by atoms with Crippen molar-refractivity contribution in [3.8, 4) is 0 Å². The topological polar surface area (TPSA) is 89.9 Å². The number of rotatable bonds is 8. The standard InChI is InChI=1S/C13H19N3O4S/c1-15(2)5-6-16(9-12(18)19)11(17)8-14-13(20)10-4-3-7-21-10/h3-4,7H,5-6,8-9H2,1-2H3,(H,14,20)(H,18,19). The monoisotopic (exact) mass is 313 g/mol. The summed E-state index contributed by atoms with van der Waals surface area (Å²) in [6, 6.07) is 3.40. The molecule has 21 heavy (non-hydrogen) atoms. The zero-order valence-corrected chi connectivity index (χ0v) is 12.9. The lowest BCUT2D eigenvalue weighted by Crippen LogP contribution is -2.45. The Morgan fingerprint density at radius 3 is 2.52 bits per heavy atom. The lowest BCUT2D eigenvalue weighted by atomic mass is 10.4. The van der Waals surface area contributed by atoms with Crippen LogP contribution in [0.25, 0.3) is 0 Å². The van der Waals surface area contributed by atoms with Crippen molar-refractivity contribution in [3.63, 3.8) is 0 Å². The van der Waals surface area contributed by atoms with Gasteiger partial charge in [-0.15, -0.1) is 11.3 Å². The van der Waals surface area contributed by atoms with Crippen LogP contribution in [0, 0.1) is 0 Å². The number of aliphatic carboxylic acids is 1. The number of carboxylic acid groups (broad SMARTS) is 1. The molecule has 0 aliphatic heterocycles. The summed E-state index contributed by atoms with van der Waals surface area (Å²) in [6.07, 6.45) is 0. The first kappa shape index (κ1) is 17.1. The van der Waals surface area contributed by atoms with Crippen LogP contribution < -0.4 is 5.32 Å². The van der Waals surface area contributed by atoms with Gasteiger partial charge in [-0.2, -0.15) is 0 Å². The molecule has 1 rings (SSSR count). The van der Waals surface area contributed by atoms with Gasteiger partial charge in [0.15, 0.2) is 0 Å². The Bertz CT molecular complexity index is 488. The first-order chi connectivity index (χ1) is 9.90. The molecule has 2 amide bonds. The fourth-order valence-corrected chi connectivity index (χ4v) is 2.18. The zero-order chi connectivity index (χ0) is 15.8. The molecule has 0 radical (unpaired) electrons. The van der Waals surface area contributed by atoms with Crippen LogP contribution in [-0.2, 0) is 9.59 Å². The van der Waals surface area contributed by atoms with Crippen LogP contribution in [0.1, 0.15) is 9.67 Å². The normalized spacial score (nSPS) is 10.4. The minimum atomic E-state index is -1.08. The van der Waals surface area contributed by atoms with Crippen molar-refractivity contribution in [1.29, 1.82) is 0 Å². The number of likely N-dealkylation sites (N-methyl/N-ethyl adjacent to an activating group) is 1. The van der Waals surface area contributed by atoms with Gasteiger partial charge in [-0.1, -0.05) is 6.07 Å². The van der Waals surface area contributed by atoms with Gasteiger partial charge >= 0.3 is 5.97 Å². The molecule has 0 aliphatic carbocycles. The third-order valence-corrected chi connectivity index (χ3v) is 3.51. The fraction of sp³-hybridized carbons (Fsp3) is 0.462. The highest BCUT2D eigenvalue weighted by Crippen LogP contribution is 2.07. The molecule has 0 spiro atoms. The van der Waals surface area contributed by atoms with Crippen molar-refractivity contribution in [1.82, 2.24) is 15.1 Å². The van der Waals surface area contributed by atoms with E-state index in [-0.39, 0.29) is 19.0 Å². The van der Waals surface area contributed by atoms with Gasteiger partial charge in [-0.3, -0.25) is 14.4 Å². The lowest BCUT2D eigenvalue weighted by Gasteiger charge is -2.22. The van der Waals surface area contributed by atoms with E-state index >= 15 is 0 Å². The van der Waals surface area contributed by atoms with Crippen molar-refractivity contribution >= 4 is 29.1 Å². The van der Waals surface area contributed by atoms with Gasteiger partial charge in [-0.25, -0.2) is 0 Å². The Balaban J connectivity index is 2.51. The maximum atomic E-state index is 12.0. The first-order valence-corrected chi connectivity index (χ1v) is 7.24. The fourth-order valence-electron chi connectivity index (χ4n) is 1.54. The van der Waals surface area contributed by atoms with E-state index in [1.807, 2.05) is 19.0 Å². The summed E-state index contributed by atoms with van der Waals surface area (Å²) in [5, 5.41) is 13.1. The van der Waals surface area contributed by atoms with Gasteiger partial charge in [0.05, 0.1) is 11.4 Å². The van der Waals surface area contributed by atoms with E-state index in [0.717, 1.165) is 0 Å². The molecule has 0 saturated heterocycles. The highest BCUT2D eigenvalue weighted by atomic mass is 32.1. The number of nitrogens with one attached hydrogen (secondary N) is 1. The third-order valence-electron chi connectivity index (χ3n) is 2.64. The highest BCUT2D eigenvalue weighted by molar-refractivity contribution is 7.12. The molecule has 2 N–H and O–H groups in total. The summed E-state index contributed by atoms with van der Waals surface area (Å²) in [5.41, 5.74) is 0. The van der Waals surface area contributed by atoms with Gasteiger partial charge < -0.3 is 20.2 Å². The molecule has 7 nitrogen and oxygen atoms in total. The van der Waals surface area contributed by atoms with Crippen molar-refractivity contribution < 1.29 is 19.5 Å². The highest BCUT2D eigenvalue weighted by Gasteiger charge is 2.18. The Kier molecular flexibility index (Phi) is 6.83. The van der Waals surface area contributed by atoms with E-state index in [1.54, 1.807) is 17.5 Å². The van der Waals surface area contributed by atoms with Crippen molar-refractivity contribution in [2.75, 3.05) is 40.3 Å². The van der Waals surface area contributed by atoms with Gasteiger partial charge in [0.2, 0.25) is 5.91 Å². The van der Waals surface area contributed by atoms with Crippen LogP contribution in [0.2, 0.25) is 0 Å². The molecule has 8 heteroatoms. The summed E-state index contributed by atoms with van der Waals surface area (Å²) in [7, 11) is 3.67. The van der Waals surface area contributed by atoms with Gasteiger partial charge in [-0.05, 0) is 25.5 Å². The number of nitrogens with zero attached hydrogens (tertiary/aromatic N) is 2. The summed E-state index contributed by atoms with van der Waals surface area (Å²) in [5.74, 6) is -1.82. The van der Waals surface area contributed by atoms with Crippen LogP contribution in [-0.4, -0.2) is 73.0 Å². The Morgan fingerprint density at radius 1 is 1.29 bits per heavy atom. The molecule has 0 aliphatic rings. The largest absolute Gasteiger partial charge is 0.480 e. The summed E-state index contributed by atoms with van der Waals surface area (Å²) >= 11 is 1.28. The van der Waals surface area contributed by atoms with Crippen molar-refractivity contribution in [3.05, 3.63) is 22.4 Å². The summed E-state index contributed by atoms with van der Waals surface area (Å²) in [4.78, 5) is 38.1. The number of carboxylic acids is 1. The van der Waals surface area contributed by atoms with E-state index in [4.69, 9.17) is 5.11 Å². The zero-order valence-electron chi connectivity index (χ0n) is 12.0. The van der Waals surface area contributed by atoms with Gasteiger partial charge in [0.25, 0.3) is 5.91 Å². The molecule has 1 heterocycles. The lowest BCUT2D eigenvalue weighted by molar-refractivity contribution is -0.144. The van der Waals surface area contributed by atoms with Crippen LogP contribution >= 0.6 is 11.3 Å². The second kappa shape index (κ2) is 8.38. The van der Waals surface area contributed by atoms with Crippen LogP contribution in [0.5, 0.6) is 0 Å². The molecule has 0 atom stereocenters. The van der Waals surface area contributed by atoms with E-state index in [1.165, 1.54) is 16.2 Å². The van der Waals surface area contributed by atoms with E-state index in [2.05, 4.69) is 5.32 Å². The number of amides is 2. The van der Waals surface area contributed by atoms with E-state index in [9.17, 15) is 14.4 Å². The SMILES string of the molecule is CN(C)CCN(CC(=O)O)C(=O)CNC(=O)c1cccs1. The number of hydrogen-bond acceptors (Lipinski definition) is 5. The Labute approximate surface area is 127 Å². The van der Waals surface area contributed by atoms with Crippen LogP contribution in [0.4, 0.5) is 0 Å². The third kappa shape index (κ3) is 6.37. The molecule has 0 saturated carbocycles. The number of thiophene rings is 1. The van der Waals surface area contributed by atoms with Gasteiger partial charge in [0.1, 0.15) is 6.54 Å². The average molecular weight is 313 g/mol. The van der Waals surface area contributed by atoms with E-state index in [0.29, 0.717) is 18.0 Å². The van der Waals surface area contributed by atoms with Crippen molar-refractivity contribution in [2.45, 2.75) is 0 Å². The Morgan fingerprint density at radius 2 is 2.00 bits per heavy atom. The molecule has 0 aromatic carbocycles. The number of carbonyl (C=O) groups excluding carboxylic acids is 2. The molecule has 0 bridgehead atoms. The second-order valence-corrected chi connectivity index (χ2v) is 5.62. The van der Waals surface area contributed by atoms with Crippen molar-refractivity contribution in [2.24, 2.45) is 0 Å². The molecule has 0 fully saturated rings. The average Bonchev–Trinajstić information content (AvgIpc) is 2.93. The minimum absolute atomic E-state index is 0.211. The maximum Gasteiger partial charge on any atom is 0.323 e. The van der Waals surface area contributed by atoms with Crippen LogP contribution in [0.15, 0.2) is 17.5 Å². The summed E-state index contributed by atoms with van der Waals surface area (Å²) < 4.78 is 0. The minimum Gasteiger partial charge on any atom is -0.480 e. The van der Waals surface area contributed by atoms with E-state index < -0.39 is 11.9 Å². The maximum absolute atomic E-state index is 12.0. The molecule has 1 aromatic heterocycles. The molecule has 116 valence electrons. The van der Waals surface area contributed by atoms with Crippen LogP contribution in [0.3, 0.4) is 0 Å². The quantitative estimate of drug-likeness (QED) is 0.702. The number of carbonyl (C=O) groups is 3. The predicted molar refractivity (Wildman–Crippen MR) is 79.4 cm³/mol. The van der Waals surface area contributed by atoms with Gasteiger partial charge in [0, 0.05) is 13.1 Å².